The second kappa shape index (κ2) is 9.32. The maximum absolute atomic E-state index is 6.30. The zero-order chi connectivity index (χ0) is 14.1. The number of hydrogen-bond acceptors (Lipinski definition) is 3. The molecule has 2 N–H and O–H groups in total. The zero-order valence-electron chi connectivity index (χ0n) is 13.2. The summed E-state index contributed by atoms with van der Waals surface area (Å²) in [6.07, 6.45) is 15.6. The van der Waals surface area contributed by atoms with Crippen LogP contribution in [0.3, 0.4) is 0 Å². The minimum atomic E-state index is 0.334. The Morgan fingerprint density at radius 2 is 1.20 bits per heavy atom. The molecule has 0 atom stereocenters. The van der Waals surface area contributed by atoms with Crippen LogP contribution in [0.5, 0.6) is 0 Å². The number of rotatable bonds is 2. The van der Waals surface area contributed by atoms with Gasteiger partial charge in [0.25, 0.3) is 0 Å². The van der Waals surface area contributed by atoms with Crippen molar-refractivity contribution in [2.75, 3.05) is 31.1 Å². The summed E-state index contributed by atoms with van der Waals surface area (Å²) < 4.78 is 0. The molecule has 1 saturated carbocycles. The fourth-order valence-electron chi connectivity index (χ4n) is 3.96. The summed E-state index contributed by atoms with van der Waals surface area (Å²) in [5.74, 6) is 2.61. The van der Waals surface area contributed by atoms with Crippen LogP contribution in [0.25, 0.3) is 0 Å². The van der Waals surface area contributed by atoms with Crippen molar-refractivity contribution in [2.24, 2.45) is 5.73 Å². The number of thioether (sulfide) groups is 1. The minimum Gasteiger partial charge on any atom is -0.329 e. The molecule has 0 amide bonds. The topological polar surface area (TPSA) is 29.3 Å². The lowest BCUT2D eigenvalue weighted by atomic mass is 9.83. The van der Waals surface area contributed by atoms with Crippen LogP contribution in [-0.4, -0.2) is 41.6 Å². The van der Waals surface area contributed by atoms with Gasteiger partial charge >= 0.3 is 0 Å². The van der Waals surface area contributed by atoms with Gasteiger partial charge in [0.1, 0.15) is 0 Å². The van der Waals surface area contributed by atoms with Crippen molar-refractivity contribution in [3.63, 3.8) is 0 Å². The number of hydrogen-bond donors (Lipinski definition) is 1. The summed E-state index contributed by atoms with van der Waals surface area (Å²) in [5, 5.41) is 0. The Hall–Kier alpha value is 0.270. The molecule has 0 radical (unpaired) electrons. The van der Waals surface area contributed by atoms with Crippen molar-refractivity contribution in [2.45, 2.75) is 76.2 Å². The van der Waals surface area contributed by atoms with E-state index in [9.17, 15) is 0 Å². The highest BCUT2D eigenvalue weighted by Gasteiger charge is 2.35. The van der Waals surface area contributed by atoms with Gasteiger partial charge in [0, 0.05) is 36.7 Å². The Morgan fingerprint density at radius 1 is 0.750 bits per heavy atom. The molecular weight excluding hydrogens is 264 g/mol. The van der Waals surface area contributed by atoms with E-state index < -0.39 is 0 Å². The largest absolute Gasteiger partial charge is 0.329 e. The van der Waals surface area contributed by atoms with Gasteiger partial charge in [0.05, 0.1) is 0 Å². The van der Waals surface area contributed by atoms with Crippen LogP contribution in [0, 0.1) is 0 Å². The summed E-state index contributed by atoms with van der Waals surface area (Å²) in [7, 11) is 0. The van der Waals surface area contributed by atoms with Crippen LogP contribution >= 0.6 is 11.8 Å². The lowest BCUT2D eigenvalue weighted by Gasteiger charge is -2.46. The third kappa shape index (κ3) is 4.92. The van der Waals surface area contributed by atoms with Crippen LogP contribution in [0.1, 0.15) is 70.6 Å². The Balaban J connectivity index is 1.96. The highest BCUT2D eigenvalue weighted by molar-refractivity contribution is 7.99. The van der Waals surface area contributed by atoms with E-state index in [0.717, 1.165) is 6.54 Å². The molecule has 118 valence electrons. The number of nitrogens with two attached hydrogens (primary N) is 1. The Morgan fingerprint density at radius 3 is 1.65 bits per heavy atom. The van der Waals surface area contributed by atoms with Gasteiger partial charge in [-0.05, 0) is 12.8 Å². The predicted octanol–water partition coefficient (Wildman–Crippen LogP) is 4.04. The summed E-state index contributed by atoms with van der Waals surface area (Å²) in [6.45, 7) is 3.40. The first-order valence-electron chi connectivity index (χ1n) is 8.90. The third-order valence-corrected chi connectivity index (χ3v) is 6.29. The predicted molar refractivity (Wildman–Crippen MR) is 91.5 cm³/mol. The molecule has 1 saturated heterocycles. The molecule has 2 fully saturated rings. The van der Waals surface area contributed by atoms with Gasteiger partial charge in [-0.25, -0.2) is 0 Å². The third-order valence-electron chi connectivity index (χ3n) is 5.35. The van der Waals surface area contributed by atoms with Crippen molar-refractivity contribution in [3.8, 4) is 0 Å². The van der Waals surface area contributed by atoms with E-state index in [-0.39, 0.29) is 0 Å². The number of nitrogens with zero attached hydrogens (tertiary/aromatic N) is 1. The van der Waals surface area contributed by atoms with Crippen LogP contribution in [0.15, 0.2) is 0 Å². The molecule has 0 aromatic rings. The van der Waals surface area contributed by atoms with Crippen molar-refractivity contribution in [3.05, 3.63) is 0 Å². The summed E-state index contributed by atoms with van der Waals surface area (Å²) >= 11 is 2.11. The first-order valence-corrected chi connectivity index (χ1v) is 10.1. The molecule has 0 spiro atoms. The van der Waals surface area contributed by atoms with E-state index in [4.69, 9.17) is 5.73 Å². The highest BCUT2D eigenvalue weighted by atomic mass is 32.2. The van der Waals surface area contributed by atoms with Crippen LogP contribution in [0.4, 0.5) is 0 Å². The van der Waals surface area contributed by atoms with Crippen LogP contribution < -0.4 is 5.73 Å². The van der Waals surface area contributed by atoms with Crippen molar-refractivity contribution in [1.82, 2.24) is 4.90 Å². The fraction of sp³-hybridized carbons (Fsp3) is 1.00. The molecule has 3 heteroatoms. The minimum absolute atomic E-state index is 0.334. The first kappa shape index (κ1) is 16.6. The SMILES string of the molecule is NCC1(N2CCSCC2)CCCCCCCCCCC1. The summed E-state index contributed by atoms with van der Waals surface area (Å²) in [4.78, 5) is 2.76. The van der Waals surface area contributed by atoms with Crippen molar-refractivity contribution < 1.29 is 0 Å². The second-order valence-corrected chi connectivity index (χ2v) is 7.93. The molecule has 2 rings (SSSR count). The van der Waals surface area contributed by atoms with E-state index >= 15 is 0 Å². The molecule has 2 aliphatic rings. The first-order chi connectivity index (χ1) is 9.87. The molecule has 0 bridgehead atoms. The highest BCUT2D eigenvalue weighted by Crippen LogP contribution is 2.31. The van der Waals surface area contributed by atoms with E-state index in [2.05, 4.69) is 16.7 Å². The molecule has 0 aromatic heterocycles. The zero-order valence-corrected chi connectivity index (χ0v) is 14.1. The van der Waals surface area contributed by atoms with Gasteiger partial charge in [0.15, 0.2) is 0 Å². The monoisotopic (exact) mass is 298 g/mol. The van der Waals surface area contributed by atoms with Gasteiger partial charge in [0.2, 0.25) is 0 Å². The molecule has 0 unspecified atom stereocenters. The average Bonchev–Trinajstić information content (AvgIpc) is 2.49. The maximum atomic E-state index is 6.30. The fourth-order valence-corrected chi connectivity index (χ4v) is 4.86. The molecular formula is C17H34N2S. The van der Waals surface area contributed by atoms with Crippen LogP contribution in [0.2, 0.25) is 0 Å². The van der Waals surface area contributed by atoms with Gasteiger partial charge in [-0.1, -0.05) is 57.8 Å². The van der Waals surface area contributed by atoms with Crippen molar-refractivity contribution >= 4 is 11.8 Å². The molecule has 20 heavy (non-hydrogen) atoms. The molecule has 0 aromatic carbocycles. The quantitative estimate of drug-likeness (QED) is 0.834. The van der Waals surface area contributed by atoms with Gasteiger partial charge in [-0.2, -0.15) is 11.8 Å². The van der Waals surface area contributed by atoms with Crippen molar-refractivity contribution in [1.29, 1.82) is 0 Å². The van der Waals surface area contributed by atoms with Gasteiger partial charge in [-0.15, -0.1) is 0 Å². The molecule has 2 nitrogen and oxygen atoms in total. The smallest absolute Gasteiger partial charge is 0.0332 e. The van der Waals surface area contributed by atoms with E-state index in [1.54, 1.807) is 0 Å². The van der Waals surface area contributed by atoms with Crippen LogP contribution in [-0.2, 0) is 0 Å². The van der Waals surface area contributed by atoms with Gasteiger partial charge < -0.3 is 5.73 Å². The lowest BCUT2D eigenvalue weighted by molar-refractivity contribution is 0.0808. The molecule has 1 aliphatic carbocycles. The van der Waals surface area contributed by atoms with E-state index in [1.807, 2.05) is 0 Å². The Bertz CT molecular complexity index is 239. The normalized spacial score (nSPS) is 27.4. The summed E-state index contributed by atoms with van der Waals surface area (Å²) in [6, 6.07) is 0. The Kier molecular flexibility index (Phi) is 7.75. The van der Waals surface area contributed by atoms with Gasteiger partial charge in [-0.3, -0.25) is 4.90 Å². The molecule has 1 heterocycles. The maximum Gasteiger partial charge on any atom is 0.0332 e. The Labute approximate surface area is 130 Å². The standard InChI is InChI=1S/C17H34N2S/c18-16-17(19-12-14-20-15-13-19)10-8-6-4-2-1-3-5-7-9-11-17/h1-16,18H2. The second-order valence-electron chi connectivity index (χ2n) is 6.71. The molecule has 1 aliphatic heterocycles. The van der Waals surface area contributed by atoms with E-state index in [1.165, 1.54) is 95.2 Å². The lowest BCUT2D eigenvalue weighted by Crippen LogP contribution is -2.56. The average molecular weight is 299 g/mol. The summed E-state index contributed by atoms with van der Waals surface area (Å²) in [5.41, 5.74) is 6.63. The van der Waals surface area contributed by atoms with E-state index in [0.29, 0.717) is 5.54 Å².